The van der Waals surface area contributed by atoms with Crippen LogP contribution in [0.5, 0.6) is 0 Å². The minimum absolute atomic E-state index is 0.219. The number of hydrogen-bond acceptors (Lipinski definition) is 3. The molecule has 0 spiro atoms. The van der Waals surface area contributed by atoms with Crippen LogP contribution in [0.3, 0.4) is 0 Å². The van der Waals surface area contributed by atoms with Gasteiger partial charge >= 0.3 is 12.1 Å². The van der Waals surface area contributed by atoms with Crippen molar-refractivity contribution in [1.82, 2.24) is 4.90 Å². The number of carboxylic acids is 1. The molecule has 1 atom stereocenters. The molecule has 0 aromatic heterocycles. The maximum Gasteiger partial charge on any atom is 0.411 e. The minimum Gasteiger partial charge on any atom is -0.479 e. The van der Waals surface area contributed by atoms with Gasteiger partial charge in [0.05, 0.1) is 0 Å². The Hall–Kier alpha value is -1.26. The Kier molecular flexibility index (Phi) is 4.96. The van der Waals surface area contributed by atoms with E-state index in [0.29, 0.717) is 19.4 Å². The number of unbranched alkanes of at least 4 members (excludes halogenated alkanes) is 1. The number of amides is 1. The molecule has 0 saturated carbocycles. The topological polar surface area (TPSA) is 66.8 Å². The van der Waals surface area contributed by atoms with Gasteiger partial charge in [-0.2, -0.15) is 0 Å². The van der Waals surface area contributed by atoms with E-state index in [4.69, 9.17) is 4.74 Å². The molecule has 0 bridgehead atoms. The molecule has 1 rings (SSSR count). The van der Waals surface area contributed by atoms with E-state index >= 15 is 0 Å². The van der Waals surface area contributed by atoms with Crippen molar-refractivity contribution in [2.45, 2.75) is 78.4 Å². The zero-order valence-electron chi connectivity index (χ0n) is 14.2. The molecule has 1 saturated heterocycles. The molecular formula is C16H29NO4. The number of carbonyl (C=O) groups is 2. The zero-order chi connectivity index (χ0) is 16.5. The maximum atomic E-state index is 12.5. The quantitative estimate of drug-likeness (QED) is 0.860. The first kappa shape index (κ1) is 17.8. The Morgan fingerprint density at radius 1 is 1.29 bits per heavy atom. The average Bonchev–Trinajstić information content (AvgIpc) is 2.57. The van der Waals surface area contributed by atoms with Gasteiger partial charge in [0.15, 0.2) is 0 Å². The number of carboxylic acid groups (broad SMARTS) is 1. The first-order valence-corrected chi connectivity index (χ1v) is 7.67. The molecule has 0 radical (unpaired) electrons. The Morgan fingerprint density at radius 2 is 1.86 bits per heavy atom. The molecule has 1 amide bonds. The molecule has 0 aromatic carbocycles. The number of hydrogen-bond donors (Lipinski definition) is 1. The van der Waals surface area contributed by atoms with Crippen LogP contribution in [0.25, 0.3) is 0 Å². The summed E-state index contributed by atoms with van der Waals surface area (Å²) in [5.41, 5.74) is -1.98. The first-order chi connectivity index (χ1) is 9.43. The van der Waals surface area contributed by atoms with E-state index in [1.807, 2.05) is 20.8 Å². The van der Waals surface area contributed by atoms with Crippen LogP contribution in [0.2, 0.25) is 0 Å². The van der Waals surface area contributed by atoms with Crippen LogP contribution >= 0.6 is 0 Å². The molecule has 1 aliphatic rings. The first-order valence-electron chi connectivity index (χ1n) is 7.67. The Bertz CT molecular complexity index is 411. The highest BCUT2D eigenvalue weighted by atomic mass is 16.6. The lowest BCUT2D eigenvalue weighted by molar-refractivity contribution is -0.150. The summed E-state index contributed by atoms with van der Waals surface area (Å²) in [4.78, 5) is 25.9. The van der Waals surface area contributed by atoms with Gasteiger partial charge in [-0.25, -0.2) is 9.59 Å². The van der Waals surface area contributed by atoms with Gasteiger partial charge in [0, 0.05) is 6.54 Å². The fourth-order valence-electron chi connectivity index (χ4n) is 3.07. The van der Waals surface area contributed by atoms with Crippen molar-refractivity contribution in [3.63, 3.8) is 0 Å². The molecule has 21 heavy (non-hydrogen) atoms. The summed E-state index contributed by atoms with van der Waals surface area (Å²) in [6, 6.07) is 0. The van der Waals surface area contributed by atoms with E-state index in [-0.39, 0.29) is 5.41 Å². The van der Waals surface area contributed by atoms with Gasteiger partial charge in [-0.1, -0.05) is 33.6 Å². The second-order valence-corrected chi connectivity index (χ2v) is 7.85. The van der Waals surface area contributed by atoms with Gasteiger partial charge in [-0.3, -0.25) is 4.90 Å². The van der Waals surface area contributed by atoms with Gasteiger partial charge < -0.3 is 9.84 Å². The Morgan fingerprint density at radius 3 is 2.29 bits per heavy atom. The third-order valence-electron chi connectivity index (χ3n) is 3.83. The summed E-state index contributed by atoms with van der Waals surface area (Å²) in [6.45, 7) is 11.8. The number of rotatable bonds is 4. The van der Waals surface area contributed by atoms with Crippen LogP contribution in [-0.4, -0.2) is 39.8 Å². The summed E-state index contributed by atoms with van der Waals surface area (Å²) in [6.07, 6.45) is 2.10. The highest BCUT2D eigenvalue weighted by molar-refractivity contribution is 5.85. The van der Waals surface area contributed by atoms with Crippen LogP contribution < -0.4 is 0 Å². The van der Waals surface area contributed by atoms with E-state index in [0.717, 1.165) is 12.8 Å². The molecule has 0 aromatic rings. The average molecular weight is 299 g/mol. The predicted molar refractivity (Wildman–Crippen MR) is 81.2 cm³/mol. The van der Waals surface area contributed by atoms with E-state index in [9.17, 15) is 14.7 Å². The summed E-state index contributed by atoms with van der Waals surface area (Å²) in [7, 11) is 0. The Labute approximate surface area is 127 Å². The number of nitrogens with zero attached hydrogens (tertiary/aromatic N) is 1. The van der Waals surface area contributed by atoms with Crippen molar-refractivity contribution in [3.8, 4) is 0 Å². The van der Waals surface area contributed by atoms with E-state index in [2.05, 4.69) is 0 Å². The SMILES string of the molecule is CCCC[C@@]1(C(=O)O)CC(C)(C)CN1C(=O)OC(C)(C)C. The third kappa shape index (κ3) is 4.11. The molecule has 5 nitrogen and oxygen atoms in total. The number of aliphatic carboxylic acids is 1. The summed E-state index contributed by atoms with van der Waals surface area (Å²) in [5, 5.41) is 9.79. The second-order valence-electron chi connectivity index (χ2n) is 7.85. The molecule has 0 unspecified atom stereocenters. The molecule has 5 heteroatoms. The lowest BCUT2D eigenvalue weighted by Gasteiger charge is -2.35. The monoisotopic (exact) mass is 299 g/mol. The highest BCUT2D eigenvalue weighted by Crippen LogP contribution is 2.45. The number of likely N-dealkylation sites (tertiary alicyclic amines) is 1. The van der Waals surface area contributed by atoms with Crippen molar-refractivity contribution in [3.05, 3.63) is 0 Å². The molecule has 1 aliphatic heterocycles. The lowest BCUT2D eigenvalue weighted by atomic mass is 9.81. The molecule has 1 N–H and O–H groups in total. The molecule has 1 heterocycles. The second kappa shape index (κ2) is 5.85. The third-order valence-corrected chi connectivity index (χ3v) is 3.83. The van der Waals surface area contributed by atoms with Gasteiger partial charge in [-0.05, 0) is 39.0 Å². The Balaban J connectivity index is 3.11. The molecule has 1 fully saturated rings. The van der Waals surface area contributed by atoms with Crippen LogP contribution in [-0.2, 0) is 9.53 Å². The van der Waals surface area contributed by atoms with Gasteiger partial charge in [0.25, 0.3) is 0 Å². The zero-order valence-corrected chi connectivity index (χ0v) is 14.2. The molecule has 122 valence electrons. The van der Waals surface area contributed by atoms with Gasteiger partial charge in [-0.15, -0.1) is 0 Å². The van der Waals surface area contributed by atoms with Crippen LogP contribution in [0.1, 0.15) is 67.2 Å². The van der Waals surface area contributed by atoms with E-state index in [1.54, 1.807) is 20.8 Å². The van der Waals surface area contributed by atoms with Crippen molar-refractivity contribution in [2.24, 2.45) is 5.41 Å². The number of carbonyl (C=O) groups excluding carboxylic acids is 1. The van der Waals surface area contributed by atoms with Gasteiger partial charge in [0.2, 0.25) is 0 Å². The van der Waals surface area contributed by atoms with Crippen LogP contribution in [0, 0.1) is 5.41 Å². The standard InChI is InChI=1S/C16H29NO4/c1-7-8-9-16(12(18)19)10-15(5,6)11-17(16)13(20)21-14(2,3)4/h7-11H2,1-6H3,(H,18,19)/t16-/m0/s1. The van der Waals surface area contributed by atoms with Crippen molar-refractivity contribution in [1.29, 1.82) is 0 Å². The van der Waals surface area contributed by atoms with Crippen molar-refractivity contribution < 1.29 is 19.4 Å². The summed E-state index contributed by atoms with van der Waals surface area (Å²) < 4.78 is 5.42. The summed E-state index contributed by atoms with van der Waals surface area (Å²) in [5.74, 6) is -0.924. The van der Waals surface area contributed by atoms with Crippen molar-refractivity contribution >= 4 is 12.1 Å². The minimum atomic E-state index is -1.14. The summed E-state index contributed by atoms with van der Waals surface area (Å²) >= 11 is 0. The molecule has 0 aliphatic carbocycles. The fourth-order valence-corrected chi connectivity index (χ4v) is 3.07. The van der Waals surface area contributed by atoms with Gasteiger partial charge in [0.1, 0.15) is 11.1 Å². The fraction of sp³-hybridized carbons (Fsp3) is 0.875. The largest absolute Gasteiger partial charge is 0.479 e. The number of ether oxygens (including phenoxy) is 1. The van der Waals surface area contributed by atoms with Crippen molar-refractivity contribution in [2.75, 3.05) is 6.54 Å². The smallest absolute Gasteiger partial charge is 0.411 e. The lowest BCUT2D eigenvalue weighted by Crippen LogP contribution is -2.54. The normalized spacial score (nSPS) is 25.0. The highest BCUT2D eigenvalue weighted by Gasteiger charge is 2.56. The van der Waals surface area contributed by atoms with E-state index < -0.39 is 23.2 Å². The van der Waals surface area contributed by atoms with Crippen LogP contribution in [0.15, 0.2) is 0 Å². The van der Waals surface area contributed by atoms with Crippen LogP contribution in [0.4, 0.5) is 4.79 Å². The predicted octanol–water partition coefficient (Wildman–Crippen LogP) is 3.67. The van der Waals surface area contributed by atoms with E-state index in [1.165, 1.54) is 4.90 Å². The maximum absolute atomic E-state index is 12.5. The molecular weight excluding hydrogens is 270 g/mol.